The van der Waals surface area contributed by atoms with Crippen LogP contribution in [0.4, 0.5) is 0 Å². The molecule has 0 saturated carbocycles. The van der Waals surface area contributed by atoms with E-state index in [4.69, 9.17) is 9.79 Å². The topological polar surface area (TPSA) is 66.8 Å². The van der Waals surface area contributed by atoms with Gasteiger partial charge in [0.05, 0.1) is 0 Å². The molecule has 0 aliphatic rings. The quantitative estimate of drug-likeness (QED) is 0.460. The Morgan fingerprint density at radius 2 is 2.25 bits per heavy atom. The van der Waals surface area contributed by atoms with Crippen molar-refractivity contribution in [3.63, 3.8) is 0 Å². The first-order valence-electron chi connectivity index (χ1n) is 1.75. The number of hydrogen-bond donors (Lipinski definition) is 2. The third-order valence-corrected chi connectivity index (χ3v) is 2.34. The van der Waals surface area contributed by atoms with Crippen LogP contribution in [0.25, 0.3) is 0 Å². The summed E-state index contributed by atoms with van der Waals surface area (Å²) in [5, 5.41) is 0. The van der Waals surface area contributed by atoms with Crippen LogP contribution in [0, 0.1) is 0 Å². The average Bonchev–Trinajstić information content (AvgIpc) is 1.59. The van der Waals surface area contributed by atoms with E-state index < -0.39 is 6.80 Å². The largest absolute Gasteiger partial charge is 0.386 e. The van der Waals surface area contributed by atoms with Gasteiger partial charge in [-0.15, -0.1) is 0 Å². The maximum absolute atomic E-state index is 9.97. The Labute approximate surface area is 51.1 Å². The highest BCUT2D eigenvalue weighted by atomic mass is 32.7. The molecule has 2 N–H and O–H groups in total. The van der Waals surface area contributed by atoms with E-state index >= 15 is 0 Å². The third kappa shape index (κ3) is 6.46. The molecule has 0 aliphatic carbocycles. The summed E-state index contributed by atoms with van der Waals surface area (Å²) in [4.78, 5) is 16.3. The van der Waals surface area contributed by atoms with Crippen LogP contribution in [0.3, 0.4) is 0 Å². The van der Waals surface area contributed by atoms with Crippen molar-refractivity contribution in [1.82, 2.24) is 0 Å². The van der Waals surface area contributed by atoms with Crippen molar-refractivity contribution in [2.75, 3.05) is 13.0 Å². The Kier molecular flexibility index (Phi) is 3.68. The average molecular weight is 158 g/mol. The zero-order chi connectivity index (χ0) is 6.62. The van der Waals surface area contributed by atoms with Crippen LogP contribution in [-0.4, -0.2) is 22.8 Å². The first-order chi connectivity index (χ1) is 3.56. The second-order valence-corrected chi connectivity index (χ2v) is 4.70. The zero-order valence-corrected chi connectivity index (χ0v) is 5.98. The fourth-order valence-electron chi connectivity index (χ4n) is 0.121. The predicted octanol–water partition coefficient (Wildman–Crippen LogP) is 0.416. The van der Waals surface area contributed by atoms with Gasteiger partial charge in [-0.25, -0.2) is 4.57 Å². The molecule has 0 unspecified atom stereocenters. The Morgan fingerprint density at radius 1 is 1.75 bits per heavy atom. The second kappa shape index (κ2) is 3.48. The standard InChI is InChI=1S/C2H7O4PS/c1-6-2-8-7(3,4)5/h2H2,1H3,(H2,3,4,5). The summed E-state index contributed by atoms with van der Waals surface area (Å²) in [7, 11) is 1.38. The van der Waals surface area contributed by atoms with Crippen molar-refractivity contribution in [2.24, 2.45) is 0 Å². The highest BCUT2D eigenvalue weighted by Crippen LogP contribution is 2.49. The Hall–Kier alpha value is 0.460. The number of rotatable bonds is 3. The van der Waals surface area contributed by atoms with Gasteiger partial charge in [-0.05, 0) is 11.4 Å². The van der Waals surface area contributed by atoms with Crippen LogP contribution in [0.2, 0.25) is 0 Å². The van der Waals surface area contributed by atoms with Gasteiger partial charge in [0, 0.05) is 7.11 Å². The first kappa shape index (κ1) is 8.46. The molecule has 50 valence electrons. The molecule has 0 atom stereocenters. The van der Waals surface area contributed by atoms with Crippen molar-refractivity contribution in [3.05, 3.63) is 0 Å². The molecular weight excluding hydrogens is 151 g/mol. The molecule has 0 aromatic carbocycles. The summed E-state index contributed by atoms with van der Waals surface area (Å²) in [6, 6.07) is 0. The maximum atomic E-state index is 9.97. The second-order valence-electron chi connectivity index (χ2n) is 1.03. The van der Waals surface area contributed by atoms with E-state index in [1.54, 1.807) is 0 Å². The van der Waals surface area contributed by atoms with E-state index in [-0.39, 0.29) is 5.94 Å². The molecule has 0 aliphatic heterocycles. The van der Waals surface area contributed by atoms with E-state index in [0.717, 1.165) is 0 Å². The minimum atomic E-state index is -3.89. The molecule has 8 heavy (non-hydrogen) atoms. The number of methoxy groups -OCH3 is 1. The smallest absolute Gasteiger partial charge is 0.373 e. The van der Waals surface area contributed by atoms with Crippen LogP contribution in [0.1, 0.15) is 0 Å². The molecular formula is C2H7O4PS. The van der Waals surface area contributed by atoms with Crippen molar-refractivity contribution in [1.29, 1.82) is 0 Å². The van der Waals surface area contributed by atoms with E-state index in [9.17, 15) is 4.57 Å². The molecule has 0 bridgehead atoms. The van der Waals surface area contributed by atoms with Gasteiger partial charge in [-0.2, -0.15) is 0 Å². The van der Waals surface area contributed by atoms with Crippen LogP contribution < -0.4 is 0 Å². The number of hydrogen-bond acceptors (Lipinski definition) is 3. The van der Waals surface area contributed by atoms with Crippen LogP contribution in [-0.2, 0) is 9.30 Å². The van der Waals surface area contributed by atoms with Gasteiger partial charge in [0.25, 0.3) is 0 Å². The van der Waals surface area contributed by atoms with Gasteiger partial charge in [-0.3, -0.25) is 0 Å². The van der Waals surface area contributed by atoms with Crippen LogP contribution in [0.5, 0.6) is 0 Å². The van der Waals surface area contributed by atoms with Gasteiger partial charge < -0.3 is 14.5 Å². The molecule has 0 amide bonds. The molecule has 0 heterocycles. The highest BCUT2D eigenvalue weighted by Gasteiger charge is 2.11. The summed E-state index contributed by atoms with van der Waals surface area (Å²) in [5.74, 6) is 0.0320. The molecule has 4 nitrogen and oxygen atoms in total. The molecule has 6 heteroatoms. The summed E-state index contributed by atoms with van der Waals surface area (Å²) in [6.45, 7) is -3.89. The van der Waals surface area contributed by atoms with Crippen LogP contribution >= 0.6 is 18.2 Å². The molecule has 0 saturated heterocycles. The van der Waals surface area contributed by atoms with Crippen molar-refractivity contribution >= 4 is 18.2 Å². The monoisotopic (exact) mass is 158 g/mol. The highest BCUT2D eigenvalue weighted by molar-refractivity contribution is 8.54. The zero-order valence-electron chi connectivity index (χ0n) is 4.27. The van der Waals surface area contributed by atoms with Gasteiger partial charge in [-0.1, -0.05) is 0 Å². The third-order valence-electron chi connectivity index (χ3n) is 0.339. The summed E-state index contributed by atoms with van der Waals surface area (Å²) in [6.07, 6.45) is 0. The van der Waals surface area contributed by atoms with E-state index in [2.05, 4.69) is 4.74 Å². The number of ether oxygens (including phenoxy) is 1. The Morgan fingerprint density at radius 3 is 2.38 bits per heavy atom. The summed E-state index contributed by atoms with van der Waals surface area (Å²) >= 11 is 0.478. The fourth-order valence-corrected chi connectivity index (χ4v) is 1.09. The normalized spacial score (nSPS) is 11.9. The maximum Gasteiger partial charge on any atom is 0.386 e. The van der Waals surface area contributed by atoms with Gasteiger partial charge in [0.1, 0.15) is 5.94 Å². The summed E-state index contributed by atoms with van der Waals surface area (Å²) < 4.78 is 14.4. The van der Waals surface area contributed by atoms with Gasteiger partial charge in [0.2, 0.25) is 0 Å². The lowest BCUT2D eigenvalue weighted by Crippen LogP contribution is -1.79. The lowest BCUT2D eigenvalue weighted by Gasteiger charge is -1.98. The van der Waals surface area contributed by atoms with E-state index in [0.29, 0.717) is 11.4 Å². The molecule has 0 rings (SSSR count). The lowest BCUT2D eigenvalue weighted by molar-refractivity contribution is 0.259. The molecule has 0 radical (unpaired) electrons. The molecule has 0 aromatic heterocycles. The Bertz CT molecular complexity index is 98.2. The van der Waals surface area contributed by atoms with Crippen LogP contribution in [0.15, 0.2) is 0 Å². The fraction of sp³-hybridized carbons (Fsp3) is 1.00. The first-order valence-corrected chi connectivity index (χ1v) is 4.95. The molecule has 0 fully saturated rings. The van der Waals surface area contributed by atoms with Gasteiger partial charge in [0.15, 0.2) is 0 Å². The van der Waals surface area contributed by atoms with E-state index in [1.165, 1.54) is 7.11 Å². The molecule has 0 aromatic rings. The minimum absolute atomic E-state index is 0.0320. The summed E-state index contributed by atoms with van der Waals surface area (Å²) in [5.41, 5.74) is 0. The Balaban J connectivity index is 3.26. The van der Waals surface area contributed by atoms with Crippen molar-refractivity contribution in [3.8, 4) is 0 Å². The van der Waals surface area contributed by atoms with E-state index in [1.807, 2.05) is 0 Å². The van der Waals surface area contributed by atoms with Gasteiger partial charge >= 0.3 is 6.80 Å². The van der Waals surface area contributed by atoms with Crippen molar-refractivity contribution < 1.29 is 19.1 Å². The predicted molar refractivity (Wildman–Crippen MR) is 31.5 cm³/mol. The minimum Gasteiger partial charge on any atom is -0.373 e. The van der Waals surface area contributed by atoms with Crippen molar-refractivity contribution in [2.45, 2.75) is 0 Å². The SMILES string of the molecule is COCSP(=O)(O)O. The lowest BCUT2D eigenvalue weighted by atomic mass is 11.5. The molecule has 0 spiro atoms.